The van der Waals surface area contributed by atoms with E-state index in [-0.39, 0.29) is 11.7 Å². The van der Waals surface area contributed by atoms with Crippen LogP contribution in [0.2, 0.25) is 5.02 Å². The van der Waals surface area contributed by atoms with Crippen molar-refractivity contribution in [3.05, 3.63) is 62.9 Å². The van der Waals surface area contributed by atoms with E-state index < -0.39 is 0 Å². The molecule has 1 saturated carbocycles. The van der Waals surface area contributed by atoms with E-state index in [1.165, 1.54) is 18.2 Å². The average molecular weight is 466 g/mol. The molecule has 31 heavy (non-hydrogen) atoms. The number of thiazole rings is 1. The Morgan fingerprint density at radius 1 is 1.23 bits per heavy atom. The molecule has 1 aliphatic carbocycles. The first-order valence-corrected chi connectivity index (χ1v) is 12.3. The molecule has 0 saturated heterocycles. The summed E-state index contributed by atoms with van der Waals surface area (Å²) in [7, 11) is 0. The van der Waals surface area contributed by atoms with Crippen molar-refractivity contribution in [2.24, 2.45) is 0 Å². The molecule has 8 heteroatoms. The lowest BCUT2D eigenvalue weighted by molar-refractivity contribution is 0.443. The third-order valence-electron chi connectivity index (χ3n) is 5.44. The van der Waals surface area contributed by atoms with Crippen LogP contribution in [0.5, 0.6) is 0 Å². The first kappa shape index (κ1) is 21.6. The molecule has 1 aromatic carbocycles. The van der Waals surface area contributed by atoms with Crippen LogP contribution in [0.1, 0.15) is 54.8 Å². The lowest BCUT2D eigenvalue weighted by Gasteiger charge is -2.25. The number of halogens is 1. The molecule has 0 bridgehead atoms. The topological polar surface area (TPSA) is 79.9 Å². The number of nitrogens with two attached hydrogens (primary N) is 1. The van der Waals surface area contributed by atoms with Crippen molar-refractivity contribution >= 4 is 46.2 Å². The Labute approximate surface area is 195 Å². The summed E-state index contributed by atoms with van der Waals surface area (Å²) in [6.45, 7) is 7.59. The Morgan fingerprint density at radius 3 is 2.65 bits per heavy atom. The van der Waals surface area contributed by atoms with Crippen molar-refractivity contribution in [3.63, 3.8) is 0 Å². The summed E-state index contributed by atoms with van der Waals surface area (Å²) >= 11 is 9.00. The number of nitrogen functional groups attached to an aromatic ring is 1. The van der Waals surface area contributed by atoms with E-state index in [1.807, 2.05) is 29.6 Å². The zero-order valence-corrected chi connectivity index (χ0v) is 19.2. The van der Waals surface area contributed by atoms with E-state index >= 15 is 0 Å². The van der Waals surface area contributed by atoms with Crippen LogP contribution in [0.3, 0.4) is 0 Å². The van der Waals surface area contributed by atoms with Crippen molar-refractivity contribution in [3.8, 4) is 16.6 Å². The van der Waals surface area contributed by atoms with Gasteiger partial charge in [0.15, 0.2) is 0 Å². The van der Waals surface area contributed by atoms with Gasteiger partial charge in [-0.15, -0.1) is 11.3 Å². The monoisotopic (exact) mass is 465 g/mol. The fourth-order valence-corrected chi connectivity index (χ4v) is 5.90. The van der Waals surface area contributed by atoms with Crippen LogP contribution in [-0.2, 0) is 5.75 Å². The molecule has 1 aliphatic rings. The first-order valence-electron chi connectivity index (χ1n) is 10.0. The van der Waals surface area contributed by atoms with Crippen LogP contribution in [0.25, 0.3) is 15.4 Å². The second-order valence-electron chi connectivity index (χ2n) is 7.44. The minimum atomic E-state index is 0.202. The van der Waals surface area contributed by atoms with Crippen LogP contribution in [0.4, 0.5) is 11.5 Å². The van der Waals surface area contributed by atoms with Gasteiger partial charge in [-0.05, 0) is 36.5 Å². The van der Waals surface area contributed by atoms with Gasteiger partial charge in [-0.3, -0.25) is 0 Å². The smallest absolute Gasteiger partial charge is 0.232 e. The van der Waals surface area contributed by atoms with E-state index in [4.69, 9.17) is 28.9 Å². The van der Waals surface area contributed by atoms with Crippen molar-refractivity contribution in [2.75, 3.05) is 5.73 Å². The van der Waals surface area contributed by atoms with Gasteiger partial charge in [0.05, 0.1) is 17.8 Å². The number of anilines is 1. The van der Waals surface area contributed by atoms with Crippen molar-refractivity contribution in [1.82, 2.24) is 9.97 Å². The van der Waals surface area contributed by atoms with Crippen LogP contribution in [0.15, 0.2) is 34.7 Å². The maximum atomic E-state index is 9.94. The predicted octanol–water partition coefficient (Wildman–Crippen LogP) is 7.20. The minimum Gasteiger partial charge on any atom is -0.392 e. The third-order valence-corrected chi connectivity index (χ3v) is 7.64. The van der Waals surface area contributed by atoms with Gasteiger partial charge >= 0.3 is 0 Å². The molecular formula is C23H20ClN5S2. The van der Waals surface area contributed by atoms with Gasteiger partial charge in [0.1, 0.15) is 21.9 Å². The highest BCUT2D eigenvalue weighted by molar-refractivity contribution is 7.98. The molecule has 2 heterocycles. The molecule has 0 atom stereocenters. The summed E-state index contributed by atoms with van der Waals surface area (Å²) in [6, 6.07) is 9.93. The van der Waals surface area contributed by atoms with Gasteiger partial charge in [-0.25, -0.2) is 14.8 Å². The van der Waals surface area contributed by atoms with Gasteiger partial charge in [0, 0.05) is 21.7 Å². The summed E-state index contributed by atoms with van der Waals surface area (Å²) in [6.07, 6.45) is 5.41. The molecule has 4 rings (SSSR count). The van der Waals surface area contributed by atoms with Crippen LogP contribution in [0, 0.1) is 17.9 Å². The molecule has 3 aromatic rings. The largest absolute Gasteiger partial charge is 0.392 e. The van der Waals surface area contributed by atoms with Gasteiger partial charge in [0.2, 0.25) is 5.69 Å². The number of aromatic nitrogens is 2. The van der Waals surface area contributed by atoms with Crippen molar-refractivity contribution in [1.29, 1.82) is 5.26 Å². The number of nitriles is 1. The molecule has 5 nitrogen and oxygen atoms in total. The Bertz CT molecular complexity index is 1170. The Balaban J connectivity index is 1.60. The second kappa shape index (κ2) is 9.70. The number of pyridine rings is 1. The highest BCUT2D eigenvalue weighted by Crippen LogP contribution is 2.44. The van der Waals surface area contributed by atoms with Gasteiger partial charge in [-0.1, -0.05) is 54.8 Å². The van der Waals surface area contributed by atoms with Gasteiger partial charge in [0.25, 0.3) is 0 Å². The predicted molar refractivity (Wildman–Crippen MR) is 128 cm³/mol. The zero-order chi connectivity index (χ0) is 21.8. The lowest BCUT2D eigenvalue weighted by atomic mass is 9.82. The fourth-order valence-electron chi connectivity index (χ4n) is 3.95. The zero-order valence-electron chi connectivity index (χ0n) is 16.8. The Hall–Kier alpha value is -2.58. The summed E-state index contributed by atoms with van der Waals surface area (Å²) in [4.78, 5) is 12.8. The van der Waals surface area contributed by atoms with Crippen LogP contribution < -0.4 is 5.73 Å². The summed E-state index contributed by atoms with van der Waals surface area (Å²) < 4.78 is 0. The number of benzene rings is 1. The standard InChI is InChI=1S/C23H20ClN5S2/c1-27-20-19(14-5-3-2-4-6-14)18(11-25)23(29-21(20)26)31-13-17-12-30-22(28-17)15-7-9-16(24)10-8-15/h7-10,12,14H,2-6,13H2,(H2,26,29). The average Bonchev–Trinajstić information content (AvgIpc) is 3.27. The number of nitrogens with zero attached hydrogens (tertiary/aromatic N) is 4. The van der Waals surface area contributed by atoms with Crippen molar-refractivity contribution in [2.45, 2.75) is 48.8 Å². The Morgan fingerprint density at radius 2 is 1.97 bits per heavy atom. The fraction of sp³-hybridized carbons (Fsp3) is 0.304. The van der Waals surface area contributed by atoms with E-state index in [9.17, 15) is 5.26 Å². The normalized spacial score (nSPS) is 14.2. The van der Waals surface area contributed by atoms with Gasteiger partial charge < -0.3 is 5.73 Å². The van der Waals surface area contributed by atoms with Crippen LogP contribution in [-0.4, -0.2) is 9.97 Å². The highest BCUT2D eigenvalue weighted by atomic mass is 35.5. The number of hydrogen-bond donors (Lipinski definition) is 1. The molecular weight excluding hydrogens is 446 g/mol. The number of hydrogen-bond acceptors (Lipinski definition) is 6. The molecule has 0 spiro atoms. The molecule has 0 amide bonds. The molecule has 0 unspecified atom stereocenters. The maximum Gasteiger partial charge on any atom is 0.232 e. The van der Waals surface area contributed by atoms with Gasteiger partial charge in [-0.2, -0.15) is 5.26 Å². The van der Waals surface area contributed by atoms with E-state index in [1.54, 1.807) is 11.3 Å². The van der Waals surface area contributed by atoms with E-state index in [0.717, 1.165) is 47.5 Å². The lowest BCUT2D eigenvalue weighted by Crippen LogP contribution is -2.10. The quantitative estimate of drug-likeness (QED) is 0.318. The number of thioether (sulfide) groups is 1. The molecule has 156 valence electrons. The second-order valence-corrected chi connectivity index (χ2v) is 9.70. The molecule has 1 fully saturated rings. The summed E-state index contributed by atoms with van der Waals surface area (Å²) in [5.74, 6) is 0.997. The third kappa shape index (κ3) is 4.70. The SMILES string of the molecule is [C-]#[N+]c1c(N)nc(SCc2csc(-c3ccc(Cl)cc3)n2)c(C#N)c1C1CCCCC1. The Kier molecular flexibility index (Phi) is 6.77. The minimum absolute atomic E-state index is 0.202. The van der Waals surface area contributed by atoms with E-state index in [0.29, 0.717) is 27.1 Å². The van der Waals surface area contributed by atoms with E-state index in [2.05, 4.69) is 15.9 Å². The van der Waals surface area contributed by atoms with Crippen molar-refractivity contribution < 1.29 is 0 Å². The maximum absolute atomic E-state index is 9.94. The molecule has 2 N–H and O–H groups in total. The molecule has 2 aromatic heterocycles. The molecule has 0 aliphatic heterocycles. The molecule has 0 radical (unpaired) electrons. The number of rotatable bonds is 5. The summed E-state index contributed by atoms with van der Waals surface area (Å²) in [5.41, 5.74) is 9.74. The summed E-state index contributed by atoms with van der Waals surface area (Å²) in [5, 5.41) is 14.2. The van der Waals surface area contributed by atoms with Crippen LogP contribution >= 0.6 is 34.7 Å². The highest BCUT2D eigenvalue weighted by Gasteiger charge is 2.27. The first-order chi connectivity index (χ1) is 15.1.